The lowest BCUT2D eigenvalue weighted by Gasteiger charge is -2.39. The van der Waals surface area contributed by atoms with Crippen molar-refractivity contribution in [2.75, 3.05) is 58.2 Å². The van der Waals surface area contributed by atoms with Gasteiger partial charge in [0.2, 0.25) is 23.6 Å². The number of hydrogen-bond acceptors (Lipinski definition) is 12. The third kappa shape index (κ3) is 11.9. The topological polar surface area (TPSA) is 262 Å². The van der Waals surface area contributed by atoms with Crippen LogP contribution in [0.15, 0.2) is 48.9 Å². The highest BCUT2D eigenvalue weighted by Gasteiger charge is 2.78. The summed E-state index contributed by atoms with van der Waals surface area (Å²) in [5, 5.41) is 33.1. The van der Waals surface area contributed by atoms with Crippen molar-refractivity contribution in [1.29, 1.82) is 0 Å². The number of quaternary nitrogens is 1. The number of hydrogen-bond donors (Lipinski definition) is 5. The van der Waals surface area contributed by atoms with Gasteiger partial charge in [-0.15, -0.1) is 9.69 Å². The van der Waals surface area contributed by atoms with E-state index >= 15 is 4.39 Å². The number of methoxy groups -OCH3 is 1. The summed E-state index contributed by atoms with van der Waals surface area (Å²) in [7, 11) is 1.20. The van der Waals surface area contributed by atoms with Crippen LogP contribution in [0.1, 0.15) is 149 Å². The molecule has 22 nitrogen and oxygen atoms in total. The summed E-state index contributed by atoms with van der Waals surface area (Å²) in [6, 6.07) is 8.63. The van der Waals surface area contributed by atoms with Crippen molar-refractivity contribution >= 4 is 68.9 Å². The number of likely N-dealkylation sites (tertiary alicyclic amines) is 1. The average Bonchev–Trinajstić information content (AvgIpc) is 1.53. The molecule has 6 amide bonds. The zero-order valence-electron chi connectivity index (χ0n) is 48.2. The van der Waals surface area contributed by atoms with Gasteiger partial charge in [0, 0.05) is 103 Å². The Hall–Kier alpha value is -7.96. The number of aromatic amines is 1. The third-order valence-corrected chi connectivity index (χ3v) is 18.6. The van der Waals surface area contributed by atoms with Gasteiger partial charge in [-0.25, -0.2) is 18.0 Å². The number of unbranched alkanes of at least 4 members (excludes halogenated alkanes) is 8. The number of nitrogens with one attached hydrogen (secondary N) is 5. The van der Waals surface area contributed by atoms with Gasteiger partial charge in [-0.3, -0.25) is 43.2 Å². The summed E-state index contributed by atoms with van der Waals surface area (Å²) in [6.07, 6.45) is 17.3. The molecule has 1 saturated carbocycles. The Morgan fingerprint density at radius 1 is 0.800 bits per heavy atom. The first-order valence-electron chi connectivity index (χ1n) is 30.0. The van der Waals surface area contributed by atoms with E-state index in [1.807, 2.05) is 21.7 Å². The van der Waals surface area contributed by atoms with E-state index in [-0.39, 0.29) is 85.3 Å². The van der Waals surface area contributed by atoms with Crippen LogP contribution in [0.2, 0.25) is 0 Å². The summed E-state index contributed by atoms with van der Waals surface area (Å²) in [5.41, 5.74) is 3.49. The molecule has 12 rings (SSSR count). The van der Waals surface area contributed by atoms with E-state index in [2.05, 4.69) is 41.3 Å². The van der Waals surface area contributed by atoms with Gasteiger partial charge in [-0.05, 0) is 55.9 Å². The quantitative estimate of drug-likeness (QED) is 0.0242. The van der Waals surface area contributed by atoms with Crippen molar-refractivity contribution in [3.05, 3.63) is 77.4 Å². The molecule has 0 unspecified atom stereocenters. The summed E-state index contributed by atoms with van der Waals surface area (Å²) in [6.45, 7) is 3.15. The molecule has 8 heterocycles. The van der Waals surface area contributed by atoms with Crippen LogP contribution in [0.3, 0.4) is 0 Å². The number of carbonyl (C=O) groups is 7. The normalized spacial score (nSPS) is 21.0. The number of ether oxygens (including phenoxy) is 1. The van der Waals surface area contributed by atoms with Crippen LogP contribution in [0.4, 0.5) is 18.9 Å². The molecule has 4 bridgehead atoms. The van der Waals surface area contributed by atoms with Crippen LogP contribution in [0, 0.1) is 17.2 Å². The monoisotopic (exact) mass is 1180 g/mol. The van der Waals surface area contributed by atoms with Crippen molar-refractivity contribution in [3.63, 3.8) is 0 Å². The number of fused-ring (bicyclic) bond motifs is 4. The summed E-state index contributed by atoms with van der Waals surface area (Å²) in [5.74, 6) is -6.50. The number of H-pyrrole nitrogens is 1. The molecule has 6 aliphatic rings. The number of alkyl halides is 2. The summed E-state index contributed by atoms with van der Waals surface area (Å²) >= 11 is 0. The number of piperidine rings is 2. The molecule has 0 radical (unpaired) electrons. The molecule has 4 aromatic heterocycles. The predicted octanol–water partition coefficient (Wildman–Crippen LogP) is 6.66. The lowest BCUT2D eigenvalue weighted by Crippen LogP contribution is -2.65. The molecule has 2 atom stereocenters. The fourth-order valence-corrected chi connectivity index (χ4v) is 13.4. The van der Waals surface area contributed by atoms with Crippen LogP contribution >= 0.6 is 0 Å². The number of nitrogens with zero attached hydrogens (tertiary/aromatic N) is 9. The molecule has 2 aliphatic carbocycles. The highest BCUT2D eigenvalue weighted by Crippen LogP contribution is 2.70. The van der Waals surface area contributed by atoms with Crippen molar-refractivity contribution in [1.82, 2.24) is 65.1 Å². The predicted molar refractivity (Wildman–Crippen MR) is 307 cm³/mol. The van der Waals surface area contributed by atoms with E-state index in [0.717, 1.165) is 70.6 Å². The molecule has 3 fully saturated rings. The Kier molecular flexibility index (Phi) is 17.0. The zero-order chi connectivity index (χ0) is 59.6. The first-order chi connectivity index (χ1) is 41.0. The number of amides is 6. The zero-order valence-corrected chi connectivity index (χ0v) is 48.2. The second-order valence-electron chi connectivity index (χ2n) is 23.9. The fourth-order valence-electron chi connectivity index (χ4n) is 13.4. The van der Waals surface area contributed by atoms with Crippen LogP contribution in [0.5, 0.6) is 0 Å². The minimum Gasteiger partial charge on any atom is -0.468 e. The van der Waals surface area contributed by atoms with Crippen molar-refractivity contribution in [2.24, 2.45) is 11.3 Å². The van der Waals surface area contributed by atoms with E-state index in [9.17, 15) is 42.3 Å². The van der Waals surface area contributed by atoms with E-state index in [1.165, 1.54) is 13.2 Å². The van der Waals surface area contributed by atoms with Crippen LogP contribution in [-0.2, 0) is 52.9 Å². The minimum atomic E-state index is -2.74. The number of aromatic nitrogens is 8. The van der Waals surface area contributed by atoms with Gasteiger partial charge in [-0.1, -0.05) is 68.8 Å². The summed E-state index contributed by atoms with van der Waals surface area (Å²) < 4.78 is 52.8. The maximum absolute atomic E-state index is 16.2. The first kappa shape index (κ1) is 58.8. The molecule has 5 N–H and O–H groups in total. The van der Waals surface area contributed by atoms with Crippen LogP contribution in [-0.4, -0.2) is 145 Å². The first-order valence-corrected chi connectivity index (χ1v) is 30.0. The average molecular weight is 1180 g/mol. The Bertz CT molecular complexity index is 3540. The van der Waals surface area contributed by atoms with Crippen LogP contribution < -0.4 is 25.9 Å². The summed E-state index contributed by atoms with van der Waals surface area (Å²) in [4.78, 5) is 94.5. The van der Waals surface area contributed by atoms with Gasteiger partial charge in [0.05, 0.1) is 55.4 Å². The standard InChI is InChI=1S/C60H73F3N14O8/c1-59-30-45-43(29-48(59)60(59,62)63)57(71-70-45)58(84)69-39-32-67-74(35-39)40-18-23-73(24-19-40)52(81)15-10-8-6-4-3-5-7-9-11-22-64-49(78)16-17-53(82)77-25-20-37(21-26-77)56-55-41(42-28-47-38(27-44(42)61)31-68-76(47)77)13-12-14-46(55)75(72-56)36-51(80)65-33-50(79)66-34-54(83)85-2/h12-14,27-28,31-32,35,37,40,48H,3-11,15-26,29-30,33-34,36H2,1-2H3,(H4-,64,65,66,69,70,71,78,79,80,84)/p+1/t37?,48-,59+,77?/m1/s1. The van der Waals surface area contributed by atoms with E-state index in [1.54, 1.807) is 47.1 Å². The molecule has 0 spiro atoms. The van der Waals surface area contributed by atoms with Crippen molar-refractivity contribution in [3.8, 4) is 11.1 Å². The minimum absolute atomic E-state index is 0.0125. The molecule has 4 aliphatic heterocycles. The second kappa shape index (κ2) is 24.6. The van der Waals surface area contributed by atoms with Crippen molar-refractivity contribution < 1.29 is 51.5 Å². The molecule has 2 aromatic carbocycles. The second-order valence-corrected chi connectivity index (χ2v) is 23.9. The molecule has 452 valence electrons. The molecule has 6 aromatic rings. The fraction of sp³-hybridized carbons (Fsp3) is 0.550. The van der Waals surface area contributed by atoms with Gasteiger partial charge in [0.1, 0.15) is 37.5 Å². The third-order valence-electron chi connectivity index (χ3n) is 18.6. The smallest absolute Gasteiger partial charge is 0.340 e. The van der Waals surface area contributed by atoms with Crippen LogP contribution in [0.25, 0.3) is 32.9 Å². The van der Waals surface area contributed by atoms with Gasteiger partial charge < -0.3 is 30.9 Å². The number of rotatable bonds is 24. The van der Waals surface area contributed by atoms with E-state index in [0.29, 0.717) is 108 Å². The highest BCUT2D eigenvalue weighted by molar-refractivity contribution is 6.04. The number of esters is 1. The van der Waals surface area contributed by atoms with Gasteiger partial charge in [0.25, 0.3) is 11.8 Å². The van der Waals surface area contributed by atoms with Gasteiger partial charge >= 0.3 is 11.9 Å². The highest BCUT2D eigenvalue weighted by atomic mass is 19.3. The molecular formula is C60H74F3N14O8+. The maximum atomic E-state index is 16.2. The number of halogens is 3. The Morgan fingerprint density at radius 3 is 2.28 bits per heavy atom. The largest absolute Gasteiger partial charge is 0.468 e. The lowest BCUT2D eigenvalue weighted by molar-refractivity contribution is -0.142. The van der Waals surface area contributed by atoms with E-state index in [4.69, 9.17) is 10.2 Å². The number of benzene rings is 2. The molecular weight excluding hydrogens is 1100 g/mol. The number of anilines is 1. The van der Waals surface area contributed by atoms with E-state index < -0.39 is 46.8 Å². The molecule has 85 heavy (non-hydrogen) atoms. The SMILES string of the molecule is COC(=O)CNC(=O)CNC(=O)Cn1nc2c3c(cccc31)-c1cc3c(cnn3[N+]3(C(=O)CCC(=O)NCCCCCCCCCCCC(=O)N4CCC(n5cc(NC(=O)c6n[nH]c7c6C[C@H]6C(F)(F)[C@@]6(C)C7)cn5)CC4)CCC2CC3)cc1F. The van der Waals surface area contributed by atoms with Gasteiger partial charge in [0.15, 0.2) is 5.69 Å². The van der Waals surface area contributed by atoms with Crippen molar-refractivity contribution in [2.45, 2.75) is 147 Å². The maximum Gasteiger partial charge on any atom is 0.340 e. The molecule has 25 heteroatoms. The Labute approximate surface area is 488 Å². The lowest BCUT2D eigenvalue weighted by atomic mass is 9.87. The Balaban J connectivity index is 0.567. The Morgan fingerprint density at radius 2 is 1.53 bits per heavy atom. The van der Waals surface area contributed by atoms with Gasteiger partial charge in [-0.2, -0.15) is 15.3 Å². The number of carbonyl (C=O) groups excluding carboxylic acids is 7. The molecule has 2 saturated heterocycles.